The molecule has 1 unspecified atom stereocenters. The van der Waals surface area contributed by atoms with E-state index in [1.165, 1.54) is 0 Å². The molecule has 0 aliphatic heterocycles. The molecule has 4 nitrogen and oxygen atoms in total. The fraction of sp³-hybridized carbons (Fsp3) is 0.286. The molecule has 0 spiro atoms. The molecule has 0 radical (unpaired) electrons. The quantitative estimate of drug-likeness (QED) is 0.516. The topological polar surface area (TPSA) is 82.7 Å². The first-order valence-electron chi connectivity index (χ1n) is 6.04. The van der Waals surface area contributed by atoms with Gasteiger partial charge in [0.1, 0.15) is 0 Å². The van der Waals surface area contributed by atoms with E-state index in [0.29, 0.717) is 11.5 Å². The van der Waals surface area contributed by atoms with Crippen LogP contribution < -0.4 is 6.15 Å². The second kappa shape index (κ2) is 6.65. The predicted molar refractivity (Wildman–Crippen MR) is 78.2 cm³/mol. The Kier molecular flexibility index (Phi) is 5.47. The van der Waals surface area contributed by atoms with Crippen LogP contribution in [0.5, 0.6) is 0 Å². The van der Waals surface area contributed by atoms with Crippen molar-refractivity contribution in [2.45, 2.75) is 24.7 Å². The largest absolute Gasteiger partial charge is 0.438 e. The average molecular weight is 282 g/mol. The SMILES string of the molecule is CCCCOS(=O)(=[OH+])c1cccc2ccccc12.N. The summed E-state index contributed by atoms with van der Waals surface area (Å²) in [6, 6.07) is 12.9. The van der Waals surface area contributed by atoms with Gasteiger partial charge in [0.25, 0.3) is 0 Å². The lowest BCUT2D eigenvalue weighted by Crippen LogP contribution is -2.07. The highest BCUT2D eigenvalue weighted by Crippen LogP contribution is 2.24. The number of fused-ring (bicyclic) bond motifs is 1. The first-order valence-corrected chi connectivity index (χ1v) is 7.48. The zero-order chi connectivity index (χ0) is 13.0. The third kappa shape index (κ3) is 3.53. The van der Waals surface area contributed by atoms with Crippen LogP contribution in [0.25, 0.3) is 10.8 Å². The zero-order valence-electron chi connectivity index (χ0n) is 11.0. The Labute approximate surface area is 114 Å². The van der Waals surface area contributed by atoms with Gasteiger partial charge in [-0.25, -0.2) is 4.18 Å². The molecule has 0 saturated carbocycles. The molecule has 5 heteroatoms. The fourth-order valence-corrected chi connectivity index (χ4v) is 2.99. The summed E-state index contributed by atoms with van der Waals surface area (Å²) >= 11 is 0. The first kappa shape index (κ1) is 15.6. The number of hydrogen-bond acceptors (Lipinski definition) is 3. The van der Waals surface area contributed by atoms with Crippen molar-refractivity contribution in [1.29, 1.82) is 0 Å². The minimum Gasteiger partial charge on any atom is -0.344 e. The zero-order valence-corrected chi connectivity index (χ0v) is 11.9. The number of benzene rings is 2. The Balaban J connectivity index is 0.00000180. The molecule has 0 amide bonds. The minimum absolute atomic E-state index is 0. The van der Waals surface area contributed by atoms with Gasteiger partial charge < -0.3 is 6.15 Å². The van der Waals surface area contributed by atoms with Crippen LogP contribution in [-0.4, -0.2) is 15.0 Å². The van der Waals surface area contributed by atoms with Gasteiger partial charge in [0.2, 0.25) is 0 Å². The van der Waals surface area contributed by atoms with E-state index in [0.717, 1.165) is 23.6 Å². The van der Waals surface area contributed by atoms with E-state index in [1.54, 1.807) is 12.1 Å². The van der Waals surface area contributed by atoms with Crippen molar-refractivity contribution in [3.8, 4) is 0 Å². The first-order chi connectivity index (χ1) is 8.65. The summed E-state index contributed by atoms with van der Waals surface area (Å²) < 4.78 is 27.4. The van der Waals surface area contributed by atoms with E-state index >= 15 is 0 Å². The second-order valence-electron chi connectivity index (χ2n) is 4.13. The Morgan fingerprint density at radius 3 is 2.58 bits per heavy atom. The van der Waals surface area contributed by atoms with Gasteiger partial charge in [-0.15, -0.1) is 4.21 Å². The molecule has 0 aliphatic rings. The molecule has 0 bridgehead atoms. The van der Waals surface area contributed by atoms with Gasteiger partial charge in [-0.3, -0.25) is 0 Å². The van der Waals surface area contributed by atoms with Crippen LogP contribution in [0.1, 0.15) is 19.8 Å². The Morgan fingerprint density at radius 1 is 1.16 bits per heavy atom. The van der Waals surface area contributed by atoms with E-state index in [4.69, 9.17) is 4.18 Å². The molecule has 4 N–H and O–H groups in total. The smallest absolute Gasteiger partial charge is 0.344 e. The molecule has 2 aromatic rings. The minimum atomic E-state index is -3.41. The van der Waals surface area contributed by atoms with Crippen LogP contribution in [0, 0.1) is 0 Å². The van der Waals surface area contributed by atoms with E-state index in [9.17, 15) is 8.42 Å². The van der Waals surface area contributed by atoms with E-state index in [2.05, 4.69) is 0 Å². The van der Waals surface area contributed by atoms with Crippen LogP contribution in [0.2, 0.25) is 0 Å². The van der Waals surface area contributed by atoms with E-state index < -0.39 is 10.1 Å². The van der Waals surface area contributed by atoms with Gasteiger partial charge in [-0.1, -0.05) is 49.7 Å². The monoisotopic (exact) mass is 282 g/mol. The Morgan fingerprint density at radius 2 is 1.84 bits per heavy atom. The molecule has 1 atom stereocenters. The maximum absolute atomic E-state index is 12.2. The molecule has 0 fully saturated rings. The molecular formula is C14H20NO3S+. The van der Waals surface area contributed by atoms with Crippen LogP contribution in [-0.2, 0) is 14.3 Å². The summed E-state index contributed by atoms with van der Waals surface area (Å²) in [6.07, 6.45) is 1.72. The molecule has 0 saturated heterocycles. The number of rotatable bonds is 5. The summed E-state index contributed by atoms with van der Waals surface area (Å²) in [4.78, 5) is 0.358. The summed E-state index contributed by atoms with van der Waals surface area (Å²) in [7, 11) is -3.41. The van der Waals surface area contributed by atoms with Crippen LogP contribution >= 0.6 is 0 Å². The van der Waals surface area contributed by atoms with Crippen LogP contribution in [0.15, 0.2) is 47.4 Å². The van der Waals surface area contributed by atoms with Crippen molar-refractivity contribution in [2.24, 2.45) is 0 Å². The third-order valence-electron chi connectivity index (χ3n) is 2.77. The number of hydrogen-bond donors (Lipinski definition) is 1. The molecule has 2 aromatic carbocycles. The Bertz CT molecular complexity index is 633. The highest BCUT2D eigenvalue weighted by Gasteiger charge is 2.23. The van der Waals surface area contributed by atoms with Crippen molar-refractivity contribution in [3.63, 3.8) is 0 Å². The van der Waals surface area contributed by atoms with Crippen molar-refractivity contribution >= 4 is 20.9 Å². The molecule has 2 rings (SSSR count). The summed E-state index contributed by atoms with van der Waals surface area (Å²) in [5.74, 6) is 0. The highest BCUT2D eigenvalue weighted by molar-refractivity contribution is 7.87. The number of unbranched alkanes of at least 4 members (excludes halogenated alkanes) is 1. The van der Waals surface area contributed by atoms with Crippen molar-refractivity contribution in [2.75, 3.05) is 6.61 Å². The fourth-order valence-electron chi connectivity index (χ4n) is 1.80. The third-order valence-corrected chi connectivity index (χ3v) is 4.17. The summed E-state index contributed by atoms with van der Waals surface area (Å²) in [5.41, 5.74) is 0. The molecule has 0 aromatic heterocycles. The van der Waals surface area contributed by atoms with Gasteiger partial charge in [-0.2, -0.15) is 4.21 Å². The molecule has 0 heterocycles. The van der Waals surface area contributed by atoms with Gasteiger partial charge in [-0.05, 0) is 17.9 Å². The standard InChI is InChI=1S/C14H16O3S.H3N/c1-2-3-11-17-18(15,16)14-10-6-8-12-7-4-5-9-13(12)14;/h4-10H,2-3,11H2,1H3;1H3/p+1. The normalized spacial score (nSPS) is 13.7. The summed E-state index contributed by atoms with van der Waals surface area (Å²) in [6.45, 7) is 2.32. The Hall–Kier alpha value is -1.43. The lowest BCUT2D eigenvalue weighted by atomic mass is 10.1. The van der Waals surface area contributed by atoms with Crippen molar-refractivity contribution in [3.05, 3.63) is 42.5 Å². The lowest BCUT2D eigenvalue weighted by Gasteiger charge is -2.04. The molecule has 104 valence electrons. The maximum Gasteiger partial charge on any atom is 0.438 e. The van der Waals surface area contributed by atoms with Crippen molar-refractivity contribution < 1.29 is 12.6 Å². The van der Waals surface area contributed by atoms with E-state index in [1.807, 2.05) is 37.3 Å². The predicted octanol–water partition coefficient (Wildman–Crippen LogP) is 3.66. The lowest BCUT2D eigenvalue weighted by molar-refractivity contribution is 0.314. The average Bonchev–Trinajstić information content (AvgIpc) is 2.38. The van der Waals surface area contributed by atoms with Gasteiger partial charge in [0.05, 0.1) is 6.61 Å². The molecule has 0 aliphatic carbocycles. The molecule has 19 heavy (non-hydrogen) atoms. The maximum atomic E-state index is 12.2. The highest BCUT2D eigenvalue weighted by atomic mass is 32.2. The molecular weight excluding hydrogens is 262 g/mol. The van der Waals surface area contributed by atoms with Gasteiger partial charge in [0, 0.05) is 5.39 Å². The van der Waals surface area contributed by atoms with Crippen molar-refractivity contribution in [1.82, 2.24) is 6.15 Å². The van der Waals surface area contributed by atoms with Crippen LogP contribution in [0.4, 0.5) is 0 Å². The summed E-state index contributed by atoms with van der Waals surface area (Å²) in [5, 5.41) is 1.71. The van der Waals surface area contributed by atoms with Crippen LogP contribution in [0.3, 0.4) is 0 Å². The van der Waals surface area contributed by atoms with Gasteiger partial charge in [0.15, 0.2) is 4.90 Å². The van der Waals surface area contributed by atoms with Gasteiger partial charge >= 0.3 is 10.1 Å². The van der Waals surface area contributed by atoms with E-state index in [-0.39, 0.29) is 6.15 Å². The second-order valence-corrected chi connectivity index (χ2v) is 5.75.